The second-order valence-corrected chi connectivity index (χ2v) is 10.8. The minimum Gasteiger partial charge on any atom is -0.497 e. The van der Waals surface area contributed by atoms with Crippen LogP contribution in [0.3, 0.4) is 0 Å². The quantitative estimate of drug-likeness (QED) is 0.378. The standard InChI is InChI=1S/C26H30N6O3S/c1-3-5-20-6-12-23(13-7-20)36(33,34)31-15-4-14-30(16-17-31)25-24(18-27-26-28-19-29-32(25)26)21-8-10-22(35-2)11-9-21/h6-13,18-19H,3-5,14-17H2,1-2H3. The van der Waals surface area contributed by atoms with Crippen molar-refractivity contribution in [3.05, 3.63) is 66.6 Å². The van der Waals surface area contributed by atoms with Gasteiger partial charge in [-0.05, 0) is 48.2 Å². The third-order valence-electron chi connectivity index (χ3n) is 6.54. The molecule has 0 spiro atoms. The summed E-state index contributed by atoms with van der Waals surface area (Å²) >= 11 is 0. The first kappa shape index (κ1) is 24.2. The van der Waals surface area contributed by atoms with Gasteiger partial charge in [0.25, 0.3) is 5.78 Å². The van der Waals surface area contributed by atoms with Gasteiger partial charge in [0.05, 0.1) is 12.0 Å². The number of anilines is 1. The van der Waals surface area contributed by atoms with E-state index in [2.05, 4.69) is 26.9 Å². The Morgan fingerprint density at radius 2 is 1.72 bits per heavy atom. The highest BCUT2D eigenvalue weighted by Gasteiger charge is 2.29. The van der Waals surface area contributed by atoms with Crippen molar-refractivity contribution in [3.8, 4) is 16.9 Å². The fourth-order valence-electron chi connectivity index (χ4n) is 4.66. The lowest BCUT2D eigenvalue weighted by Gasteiger charge is -2.26. The molecule has 1 aliphatic heterocycles. The molecule has 10 heteroatoms. The molecule has 0 saturated carbocycles. The number of methoxy groups -OCH3 is 1. The molecule has 188 valence electrons. The van der Waals surface area contributed by atoms with Crippen LogP contribution in [0.5, 0.6) is 5.75 Å². The molecule has 0 radical (unpaired) electrons. The van der Waals surface area contributed by atoms with Crippen molar-refractivity contribution in [2.45, 2.75) is 31.1 Å². The van der Waals surface area contributed by atoms with E-state index >= 15 is 0 Å². The average Bonchev–Trinajstić information content (AvgIpc) is 3.24. The Balaban J connectivity index is 1.44. The molecule has 9 nitrogen and oxygen atoms in total. The van der Waals surface area contributed by atoms with Gasteiger partial charge < -0.3 is 9.64 Å². The molecule has 1 aliphatic rings. The Kier molecular flexibility index (Phi) is 6.88. The highest BCUT2D eigenvalue weighted by atomic mass is 32.2. The summed E-state index contributed by atoms with van der Waals surface area (Å²) in [7, 11) is -1.94. The molecular weight excluding hydrogens is 476 g/mol. The van der Waals surface area contributed by atoms with Crippen LogP contribution in [0, 0.1) is 0 Å². The van der Waals surface area contributed by atoms with E-state index in [1.807, 2.05) is 36.4 Å². The highest BCUT2D eigenvalue weighted by Crippen LogP contribution is 2.32. The summed E-state index contributed by atoms with van der Waals surface area (Å²) in [5.74, 6) is 2.13. The second kappa shape index (κ2) is 10.2. The number of benzene rings is 2. The number of sulfonamides is 1. The number of ether oxygens (including phenoxy) is 1. The van der Waals surface area contributed by atoms with E-state index in [-0.39, 0.29) is 0 Å². The maximum Gasteiger partial charge on any atom is 0.254 e. The first-order valence-corrected chi connectivity index (χ1v) is 13.6. The van der Waals surface area contributed by atoms with Gasteiger partial charge in [-0.3, -0.25) is 0 Å². The number of aryl methyl sites for hydroxylation is 1. The summed E-state index contributed by atoms with van der Waals surface area (Å²) in [5, 5.41) is 4.43. The van der Waals surface area contributed by atoms with Crippen LogP contribution in [0.25, 0.3) is 16.9 Å². The predicted octanol–water partition coefficient (Wildman–Crippen LogP) is 3.65. The van der Waals surface area contributed by atoms with Crippen LogP contribution >= 0.6 is 0 Å². The van der Waals surface area contributed by atoms with Crippen molar-refractivity contribution >= 4 is 21.6 Å². The third kappa shape index (κ3) is 4.66. The molecule has 3 heterocycles. The molecule has 36 heavy (non-hydrogen) atoms. The molecular formula is C26H30N6O3S. The Morgan fingerprint density at radius 1 is 0.944 bits per heavy atom. The molecule has 5 rings (SSSR count). The number of fused-ring (bicyclic) bond motifs is 1. The molecule has 1 saturated heterocycles. The van der Waals surface area contributed by atoms with Gasteiger partial charge in [-0.1, -0.05) is 37.6 Å². The lowest BCUT2D eigenvalue weighted by atomic mass is 10.1. The Hall–Kier alpha value is -3.50. The van der Waals surface area contributed by atoms with Gasteiger partial charge in [0.1, 0.15) is 17.9 Å². The number of rotatable bonds is 7. The molecule has 4 aromatic rings. The first-order valence-electron chi connectivity index (χ1n) is 12.2. The first-order chi connectivity index (χ1) is 17.5. The van der Waals surface area contributed by atoms with Gasteiger partial charge in [-0.2, -0.15) is 18.9 Å². The fraction of sp³-hybridized carbons (Fsp3) is 0.346. The van der Waals surface area contributed by atoms with E-state index in [0.29, 0.717) is 43.3 Å². The largest absolute Gasteiger partial charge is 0.497 e. The number of hydrogen-bond donors (Lipinski definition) is 0. The molecule has 1 fully saturated rings. The molecule has 2 aromatic heterocycles. The van der Waals surface area contributed by atoms with Crippen LogP contribution in [0.2, 0.25) is 0 Å². The van der Waals surface area contributed by atoms with Gasteiger partial charge >= 0.3 is 0 Å². The summed E-state index contributed by atoms with van der Waals surface area (Å²) in [6, 6.07) is 15.1. The normalized spacial score (nSPS) is 15.2. The molecule has 0 bridgehead atoms. The van der Waals surface area contributed by atoms with E-state index in [0.717, 1.165) is 41.1 Å². The van der Waals surface area contributed by atoms with E-state index in [4.69, 9.17) is 4.74 Å². The zero-order chi connectivity index (χ0) is 25.1. The number of hydrogen-bond acceptors (Lipinski definition) is 7. The van der Waals surface area contributed by atoms with Crippen molar-refractivity contribution in [2.75, 3.05) is 38.2 Å². The minimum absolute atomic E-state index is 0.345. The molecule has 0 unspecified atom stereocenters. The number of aromatic nitrogens is 4. The van der Waals surface area contributed by atoms with Crippen LogP contribution < -0.4 is 9.64 Å². The molecule has 0 atom stereocenters. The minimum atomic E-state index is -3.58. The van der Waals surface area contributed by atoms with Crippen molar-refractivity contribution in [2.24, 2.45) is 0 Å². The van der Waals surface area contributed by atoms with Crippen LogP contribution in [0.15, 0.2) is 66.0 Å². The van der Waals surface area contributed by atoms with E-state index < -0.39 is 10.0 Å². The van der Waals surface area contributed by atoms with Gasteiger partial charge in [0, 0.05) is 37.9 Å². The Bertz CT molecular complexity index is 1440. The van der Waals surface area contributed by atoms with Gasteiger partial charge in [0.2, 0.25) is 10.0 Å². The van der Waals surface area contributed by atoms with E-state index in [9.17, 15) is 8.42 Å². The monoisotopic (exact) mass is 506 g/mol. The predicted molar refractivity (Wildman–Crippen MR) is 139 cm³/mol. The van der Waals surface area contributed by atoms with Crippen molar-refractivity contribution in [1.82, 2.24) is 23.9 Å². The average molecular weight is 507 g/mol. The summed E-state index contributed by atoms with van der Waals surface area (Å²) in [6.45, 7) is 4.15. The van der Waals surface area contributed by atoms with Crippen LogP contribution in [0.1, 0.15) is 25.3 Å². The fourth-order valence-corrected chi connectivity index (χ4v) is 6.13. The lowest BCUT2D eigenvalue weighted by molar-refractivity contribution is 0.415. The van der Waals surface area contributed by atoms with Crippen LogP contribution in [-0.2, 0) is 16.4 Å². The lowest BCUT2D eigenvalue weighted by Crippen LogP contribution is -2.35. The van der Waals surface area contributed by atoms with Crippen LogP contribution in [-0.4, -0.2) is 65.6 Å². The Labute approximate surface area is 211 Å². The van der Waals surface area contributed by atoms with Crippen molar-refractivity contribution in [1.29, 1.82) is 0 Å². The third-order valence-corrected chi connectivity index (χ3v) is 8.45. The zero-order valence-electron chi connectivity index (χ0n) is 20.5. The molecule has 0 N–H and O–H groups in total. The summed E-state index contributed by atoms with van der Waals surface area (Å²) < 4.78 is 35.5. The second-order valence-electron chi connectivity index (χ2n) is 8.83. The zero-order valence-corrected chi connectivity index (χ0v) is 21.4. The van der Waals surface area contributed by atoms with Crippen molar-refractivity contribution in [3.63, 3.8) is 0 Å². The maximum absolute atomic E-state index is 13.4. The summed E-state index contributed by atoms with van der Waals surface area (Å²) in [5.41, 5.74) is 3.02. The maximum atomic E-state index is 13.4. The highest BCUT2D eigenvalue weighted by molar-refractivity contribution is 7.89. The topological polar surface area (TPSA) is 92.9 Å². The molecule has 0 aliphatic carbocycles. The Morgan fingerprint density at radius 3 is 2.44 bits per heavy atom. The van der Waals surface area contributed by atoms with Gasteiger partial charge in [0.15, 0.2) is 0 Å². The molecule has 0 amide bonds. The van der Waals surface area contributed by atoms with Crippen LogP contribution in [0.4, 0.5) is 5.82 Å². The summed E-state index contributed by atoms with van der Waals surface area (Å²) in [4.78, 5) is 11.3. The SMILES string of the molecule is CCCc1ccc(S(=O)(=O)N2CCCN(c3c(-c4ccc(OC)cc4)cnc4ncnn34)CC2)cc1. The van der Waals surface area contributed by atoms with E-state index in [1.54, 1.807) is 34.3 Å². The number of nitrogens with zero attached hydrogens (tertiary/aromatic N) is 6. The van der Waals surface area contributed by atoms with Crippen molar-refractivity contribution < 1.29 is 13.2 Å². The smallest absolute Gasteiger partial charge is 0.254 e. The van der Waals surface area contributed by atoms with Gasteiger partial charge in [-0.15, -0.1) is 0 Å². The van der Waals surface area contributed by atoms with Gasteiger partial charge in [-0.25, -0.2) is 13.4 Å². The van der Waals surface area contributed by atoms with E-state index in [1.165, 1.54) is 6.33 Å². The molecule has 2 aromatic carbocycles. The summed E-state index contributed by atoms with van der Waals surface area (Å²) in [6.07, 6.45) is 5.95.